The van der Waals surface area contributed by atoms with Crippen molar-refractivity contribution in [2.45, 2.75) is 25.8 Å². The summed E-state index contributed by atoms with van der Waals surface area (Å²) >= 11 is 5.79. The topological polar surface area (TPSA) is 79.3 Å². The van der Waals surface area contributed by atoms with Crippen molar-refractivity contribution in [3.05, 3.63) is 28.5 Å². The molecule has 0 aliphatic heterocycles. The second kappa shape index (κ2) is 6.76. The Bertz CT molecular complexity index is 537. The van der Waals surface area contributed by atoms with Crippen LogP contribution in [0.25, 0.3) is 0 Å². The van der Waals surface area contributed by atoms with E-state index in [1.54, 1.807) is 6.07 Å². The number of nitrogens with one attached hydrogen (secondary N) is 1. The molecule has 5 nitrogen and oxygen atoms in total. The van der Waals surface area contributed by atoms with E-state index in [1.165, 1.54) is 6.07 Å². The molecule has 2 N–H and O–H groups in total. The van der Waals surface area contributed by atoms with Crippen molar-refractivity contribution in [2.24, 2.45) is 0 Å². The predicted molar refractivity (Wildman–Crippen MR) is 71.0 cm³/mol. The van der Waals surface area contributed by atoms with E-state index in [-0.39, 0.29) is 17.1 Å². The average Bonchev–Trinajstić information content (AvgIpc) is 2.37. The molecule has 1 unspecified atom stereocenters. The zero-order valence-electron chi connectivity index (χ0n) is 10.3. The van der Waals surface area contributed by atoms with Gasteiger partial charge in [0.1, 0.15) is 11.2 Å². The number of aliphatic carboxylic acids is 1. The number of pyridine rings is 1. The van der Waals surface area contributed by atoms with Crippen molar-refractivity contribution in [3.63, 3.8) is 0 Å². The Hall–Kier alpha value is -2.06. The molecule has 1 atom stereocenters. The van der Waals surface area contributed by atoms with Gasteiger partial charge in [-0.05, 0) is 18.6 Å². The average molecular weight is 281 g/mol. The summed E-state index contributed by atoms with van der Waals surface area (Å²) < 4.78 is 0. The van der Waals surface area contributed by atoms with Gasteiger partial charge in [-0.2, -0.15) is 0 Å². The van der Waals surface area contributed by atoms with Crippen LogP contribution >= 0.6 is 11.6 Å². The maximum absolute atomic E-state index is 11.9. The van der Waals surface area contributed by atoms with Gasteiger partial charge in [-0.3, -0.25) is 4.79 Å². The molecule has 0 radical (unpaired) electrons. The van der Waals surface area contributed by atoms with E-state index in [4.69, 9.17) is 23.1 Å². The number of carboxylic acids is 1. The first-order valence-corrected chi connectivity index (χ1v) is 5.99. The molecule has 0 aliphatic carbocycles. The van der Waals surface area contributed by atoms with Crippen molar-refractivity contribution in [1.29, 1.82) is 0 Å². The van der Waals surface area contributed by atoms with Crippen LogP contribution in [0.15, 0.2) is 12.1 Å². The molecule has 0 saturated heterocycles. The van der Waals surface area contributed by atoms with Crippen LogP contribution in [0.4, 0.5) is 0 Å². The maximum atomic E-state index is 11.9. The molecule has 19 heavy (non-hydrogen) atoms. The van der Waals surface area contributed by atoms with Gasteiger partial charge >= 0.3 is 5.97 Å². The van der Waals surface area contributed by atoms with Crippen LogP contribution in [-0.2, 0) is 11.2 Å². The Balaban J connectivity index is 2.91. The van der Waals surface area contributed by atoms with E-state index >= 15 is 0 Å². The molecule has 1 heterocycles. The molecule has 1 amide bonds. The van der Waals surface area contributed by atoms with Crippen LogP contribution in [0.1, 0.15) is 29.4 Å². The minimum Gasteiger partial charge on any atom is -0.480 e. The maximum Gasteiger partial charge on any atom is 0.327 e. The summed E-state index contributed by atoms with van der Waals surface area (Å²) in [6.07, 6.45) is 5.59. The number of nitrogens with zero attached hydrogens (tertiary/aromatic N) is 1. The molecule has 0 fully saturated rings. The molecule has 100 valence electrons. The number of aryl methyl sites for hydroxylation is 1. The van der Waals surface area contributed by atoms with Crippen LogP contribution in [0.3, 0.4) is 0 Å². The van der Waals surface area contributed by atoms with Crippen molar-refractivity contribution in [1.82, 2.24) is 10.3 Å². The number of carbonyl (C=O) groups excluding carboxylic acids is 1. The standard InChI is InChI=1S/C13H13ClN2O3/c1-3-5-10(13(18)19)16-12(17)8-6-9(4-2)15-11(14)7-8/h1,6-7,10H,4-5H2,2H3,(H,16,17)(H,18,19). The molecular formula is C13H13ClN2O3. The lowest BCUT2D eigenvalue weighted by atomic mass is 10.1. The Labute approximate surface area is 116 Å². The highest BCUT2D eigenvalue weighted by Gasteiger charge is 2.20. The van der Waals surface area contributed by atoms with Gasteiger partial charge in [-0.1, -0.05) is 18.5 Å². The molecular weight excluding hydrogens is 268 g/mol. The van der Waals surface area contributed by atoms with E-state index in [9.17, 15) is 9.59 Å². The molecule has 1 aromatic rings. The number of carbonyl (C=O) groups is 2. The van der Waals surface area contributed by atoms with E-state index < -0.39 is 17.9 Å². The van der Waals surface area contributed by atoms with Gasteiger partial charge in [0.05, 0.1) is 0 Å². The molecule has 0 bridgehead atoms. The zero-order chi connectivity index (χ0) is 14.4. The Morgan fingerprint density at radius 3 is 2.79 bits per heavy atom. The summed E-state index contributed by atoms with van der Waals surface area (Å²) in [7, 11) is 0. The lowest BCUT2D eigenvalue weighted by molar-refractivity contribution is -0.139. The van der Waals surface area contributed by atoms with Crippen molar-refractivity contribution in [2.75, 3.05) is 0 Å². The first-order valence-electron chi connectivity index (χ1n) is 5.61. The van der Waals surface area contributed by atoms with Crippen LogP contribution < -0.4 is 5.32 Å². The smallest absolute Gasteiger partial charge is 0.327 e. The highest BCUT2D eigenvalue weighted by atomic mass is 35.5. The highest BCUT2D eigenvalue weighted by molar-refractivity contribution is 6.29. The first kappa shape index (κ1) is 15.0. The third-order valence-electron chi connectivity index (χ3n) is 2.40. The minimum absolute atomic E-state index is 0.0828. The predicted octanol–water partition coefficient (Wildman–Crippen LogP) is 1.50. The van der Waals surface area contributed by atoms with Crippen molar-refractivity contribution in [3.8, 4) is 12.3 Å². The number of amides is 1. The fraction of sp³-hybridized carbons (Fsp3) is 0.308. The Morgan fingerprint density at radius 1 is 1.58 bits per heavy atom. The Morgan fingerprint density at radius 2 is 2.26 bits per heavy atom. The van der Waals surface area contributed by atoms with Gasteiger partial charge in [-0.15, -0.1) is 12.3 Å². The fourth-order valence-electron chi connectivity index (χ4n) is 1.42. The minimum atomic E-state index is -1.18. The second-order valence-electron chi connectivity index (χ2n) is 3.80. The molecule has 0 saturated carbocycles. The van der Waals surface area contributed by atoms with Crippen LogP contribution in [0.5, 0.6) is 0 Å². The number of carboxylic acid groups (broad SMARTS) is 1. The molecule has 0 spiro atoms. The van der Waals surface area contributed by atoms with Crippen molar-refractivity contribution < 1.29 is 14.7 Å². The summed E-state index contributed by atoms with van der Waals surface area (Å²) in [5.41, 5.74) is 0.918. The lowest BCUT2D eigenvalue weighted by Gasteiger charge is -2.12. The second-order valence-corrected chi connectivity index (χ2v) is 4.18. The van der Waals surface area contributed by atoms with Gasteiger partial charge in [-0.25, -0.2) is 9.78 Å². The fourth-order valence-corrected chi connectivity index (χ4v) is 1.65. The van der Waals surface area contributed by atoms with Gasteiger partial charge in [0, 0.05) is 17.7 Å². The number of hydrogen-bond acceptors (Lipinski definition) is 3. The highest BCUT2D eigenvalue weighted by Crippen LogP contribution is 2.12. The molecule has 0 aliphatic rings. The summed E-state index contributed by atoms with van der Waals surface area (Å²) in [4.78, 5) is 26.8. The molecule has 6 heteroatoms. The van der Waals surface area contributed by atoms with Gasteiger partial charge in [0.2, 0.25) is 0 Å². The number of halogens is 1. The number of aromatic nitrogens is 1. The van der Waals surface area contributed by atoms with E-state index in [0.29, 0.717) is 12.1 Å². The monoisotopic (exact) mass is 280 g/mol. The third kappa shape index (κ3) is 4.27. The van der Waals surface area contributed by atoms with E-state index in [0.717, 1.165) is 0 Å². The number of terminal acetylenes is 1. The summed E-state index contributed by atoms with van der Waals surface area (Å²) in [5.74, 6) is 0.487. The summed E-state index contributed by atoms with van der Waals surface area (Å²) in [6.45, 7) is 1.87. The van der Waals surface area contributed by atoms with Crippen LogP contribution in [0.2, 0.25) is 5.15 Å². The SMILES string of the molecule is C#CCC(NC(=O)c1cc(Cl)nc(CC)c1)C(=O)O. The molecule has 1 rings (SSSR count). The largest absolute Gasteiger partial charge is 0.480 e. The Kier molecular flexibility index (Phi) is 5.34. The summed E-state index contributed by atoms with van der Waals surface area (Å²) in [6, 6.07) is 1.83. The first-order chi connectivity index (χ1) is 8.97. The van der Waals surface area contributed by atoms with Crippen molar-refractivity contribution >= 4 is 23.5 Å². The van der Waals surface area contributed by atoms with Crippen LogP contribution in [-0.4, -0.2) is 28.0 Å². The van der Waals surface area contributed by atoms with Gasteiger partial charge in [0.25, 0.3) is 5.91 Å². The quantitative estimate of drug-likeness (QED) is 0.633. The van der Waals surface area contributed by atoms with Gasteiger partial charge in [0.15, 0.2) is 0 Å². The molecule has 0 aromatic carbocycles. The van der Waals surface area contributed by atoms with Crippen LogP contribution in [0, 0.1) is 12.3 Å². The third-order valence-corrected chi connectivity index (χ3v) is 2.59. The molecule has 1 aromatic heterocycles. The lowest BCUT2D eigenvalue weighted by Crippen LogP contribution is -2.40. The van der Waals surface area contributed by atoms with E-state index in [1.807, 2.05) is 6.92 Å². The van der Waals surface area contributed by atoms with Gasteiger partial charge < -0.3 is 10.4 Å². The number of hydrogen-bond donors (Lipinski definition) is 2. The summed E-state index contributed by atoms with van der Waals surface area (Å²) in [5, 5.41) is 11.4. The van der Waals surface area contributed by atoms with E-state index in [2.05, 4.69) is 16.2 Å². The normalized spacial score (nSPS) is 11.4. The number of rotatable bonds is 5. The zero-order valence-corrected chi connectivity index (χ0v) is 11.1.